The van der Waals surface area contributed by atoms with Crippen molar-refractivity contribution in [2.45, 2.75) is 59.9 Å². The van der Waals surface area contributed by atoms with Crippen LogP contribution in [-0.4, -0.2) is 22.7 Å². The number of fused-ring (bicyclic) bond motifs is 1. The van der Waals surface area contributed by atoms with E-state index in [9.17, 15) is 9.90 Å². The van der Waals surface area contributed by atoms with Crippen LogP contribution in [0.2, 0.25) is 0 Å². The minimum absolute atomic E-state index is 0.0386. The quantitative estimate of drug-likeness (QED) is 0.517. The van der Waals surface area contributed by atoms with Gasteiger partial charge in [-0.05, 0) is 24.0 Å². The average Bonchev–Trinajstić information content (AvgIpc) is 2.82. The zero-order valence-electron chi connectivity index (χ0n) is 16.4. The van der Waals surface area contributed by atoms with Crippen LogP contribution >= 0.6 is 0 Å². The molecule has 0 atom stereocenters. The van der Waals surface area contributed by atoms with E-state index < -0.39 is 0 Å². The van der Waals surface area contributed by atoms with Gasteiger partial charge < -0.3 is 14.4 Å². The Labute approximate surface area is 154 Å². The molecule has 0 aliphatic rings. The number of unbranched alkanes of at least 4 members (excludes halogenated alkanes) is 2. The van der Waals surface area contributed by atoms with Gasteiger partial charge in [0.25, 0.3) is 5.91 Å². The molecule has 0 aliphatic heterocycles. The minimum Gasteiger partial charge on any atom is -0.497 e. The molecule has 6 nitrogen and oxygen atoms in total. The molecule has 0 radical (unpaired) electrons. The van der Waals surface area contributed by atoms with Crippen LogP contribution in [0.5, 0.6) is 11.6 Å². The van der Waals surface area contributed by atoms with E-state index in [-0.39, 0.29) is 17.2 Å². The van der Waals surface area contributed by atoms with Gasteiger partial charge in [0.1, 0.15) is 5.75 Å². The summed E-state index contributed by atoms with van der Waals surface area (Å²) in [7, 11) is 1.61. The number of carbonyl (C=O) groups excluding carboxylic acids is 1. The molecule has 0 saturated carbocycles. The number of ether oxygens (including phenoxy) is 1. The Morgan fingerprint density at radius 2 is 2.00 bits per heavy atom. The molecule has 26 heavy (non-hydrogen) atoms. The molecule has 0 bridgehead atoms. The Morgan fingerprint density at radius 3 is 2.62 bits per heavy atom. The van der Waals surface area contributed by atoms with Crippen molar-refractivity contribution in [1.29, 1.82) is 0 Å². The van der Waals surface area contributed by atoms with Crippen LogP contribution in [-0.2, 0) is 11.3 Å². The summed E-state index contributed by atoms with van der Waals surface area (Å²) in [5.41, 5.74) is 1.01. The smallest absolute Gasteiger partial charge is 0.265 e. The third-order valence-corrected chi connectivity index (χ3v) is 4.15. The predicted molar refractivity (Wildman–Crippen MR) is 103 cm³/mol. The molecule has 2 aromatic rings. The Kier molecular flexibility index (Phi) is 6.40. The van der Waals surface area contributed by atoms with Gasteiger partial charge >= 0.3 is 0 Å². The molecule has 1 aromatic heterocycles. The fourth-order valence-electron chi connectivity index (χ4n) is 2.86. The van der Waals surface area contributed by atoms with E-state index in [4.69, 9.17) is 4.74 Å². The van der Waals surface area contributed by atoms with Gasteiger partial charge in [-0.15, -0.1) is 10.2 Å². The number of rotatable bonds is 7. The van der Waals surface area contributed by atoms with Crippen LogP contribution in [0.1, 0.15) is 53.4 Å². The van der Waals surface area contributed by atoms with Crippen molar-refractivity contribution in [3.8, 4) is 11.6 Å². The summed E-state index contributed by atoms with van der Waals surface area (Å²) in [5.74, 6) is 0.452. The zero-order valence-corrected chi connectivity index (χ0v) is 16.4. The lowest BCUT2D eigenvalue weighted by Gasteiger charge is -2.13. The molecule has 2 rings (SSSR count). The maximum absolute atomic E-state index is 12.0. The van der Waals surface area contributed by atoms with Gasteiger partial charge in [0, 0.05) is 24.4 Å². The number of aromatic hydroxyl groups is 1. The van der Waals surface area contributed by atoms with Crippen molar-refractivity contribution in [3.63, 3.8) is 0 Å². The van der Waals surface area contributed by atoms with Crippen LogP contribution in [0.4, 0.5) is 5.69 Å². The number of azo groups is 1. The van der Waals surface area contributed by atoms with E-state index in [0.29, 0.717) is 24.4 Å². The summed E-state index contributed by atoms with van der Waals surface area (Å²) in [6, 6.07) is 5.53. The number of amides is 1. The highest BCUT2D eigenvalue weighted by Crippen LogP contribution is 2.40. The topological polar surface area (TPSA) is 76.2 Å². The number of aromatic nitrogens is 1. The SMILES string of the molecule is CCCCCn1c(O)c(N=NC(=O)CC(C)(C)C)c2ccc(OC)cc21. The van der Waals surface area contributed by atoms with Gasteiger partial charge in [0.2, 0.25) is 5.88 Å². The minimum atomic E-state index is -0.294. The Bertz CT molecular complexity index is 801. The molecule has 0 unspecified atom stereocenters. The van der Waals surface area contributed by atoms with Crippen molar-refractivity contribution in [3.05, 3.63) is 18.2 Å². The third kappa shape index (κ3) is 4.84. The molecule has 0 spiro atoms. The van der Waals surface area contributed by atoms with Crippen molar-refractivity contribution in [1.82, 2.24) is 4.57 Å². The van der Waals surface area contributed by atoms with E-state index in [1.807, 2.05) is 43.5 Å². The standard InChI is InChI=1S/C20H29N3O3/c1-6-7-8-11-23-16-12-14(26-5)9-10-15(16)18(19(23)25)22-21-17(24)13-20(2,3)4/h9-10,12,25H,6-8,11,13H2,1-5H3. The second kappa shape index (κ2) is 8.34. The van der Waals surface area contributed by atoms with Crippen LogP contribution < -0.4 is 4.74 Å². The highest BCUT2D eigenvalue weighted by atomic mass is 16.5. The molecule has 0 aliphatic carbocycles. The van der Waals surface area contributed by atoms with Crippen LogP contribution in [0.15, 0.2) is 28.4 Å². The van der Waals surface area contributed by atoms with E-state index in [1.165, 1.54) is 0 Å². The number of benzene rings is 1. The second-order valence-corrected chi connectivity index (χ2v) is 7.75. The van der Waals surface area contributed by atoms with Gasteiger partial charge in [-0.1, -0.05) is 40.5 Å². The van der Waals surface area contributed by atoms with Crippen molar-refractivity contribution in [2.75, 3.05) is 7.11 Å². The van der Waals surface area contributed by atoms with E-state index >= 15 is 0 Å². The van der Waals surface area contributed by atoms with E-state index in [1.54, 1.807) is 7.11 Å². The highest BCUT2D eigenvalue weighted by Gasteiger charge is 2.19. The van der Waals surface area contributed by atoms with Crippen LogP contribution in [0.3, 0.4) is 0 Å². The highest BCUT2D eigenvalue weighted by molar-refractivity contribution is 5.96. The lowest BCUT2D eigenvalue weighted by molar-refractivity contribution is -0.119. The molecule has 1 N–H and O–H groups in total. The average molecular weight is 359 g/mol. The fraction of sp³-hybridized carbons (Fsp3) is 0.550. The second-order valence-electron chi connectivity index (χ2n) is 7.75. The Morgan fingerprint density at radius 1 is 1.27 bits per heavy atom. The van der Waals surface area contributed by atoms with Crippen LogP contribution in [0, 0.1) is 5.41 Å². The zero-order chi connectivity index (χ0) is 19.3. The molecule has 0 fully saturated rings. The predicted octanol–water partition coefficient (Wildman–Crippen LogP) is 5.59. The monoisotopic (exact) mass is 359 g/mol. The van der Waals surface area contributed by atoms with Crippen LogP contribution in [0.25, 0.3) is 10.9 Å². The number of carbonyl (C=O) groups is 1. The molecule has 142 valence electrons. The van der Waals surface area contributed by atoms with E-state index in [2.05, 4.69) is 17.2 Å². The Hall–Kier alpha value is -2.37. The fourth-order valence-corrected chi connectivity index (χ4v) is 2.86. The maximum Gasteiger partial charge on any atom is 0.265 e. The first-order valence-electron chi connectivity index (χ1n) is 9.10. The van der Waals surface area contributed by atoms with Gasteiger partial charge in [-0.2, -0.15) is 0 Å². The number of aryl methyl sites for hydroxylation is 1. The van der Waals surface area contributed by atoms with Crippen molar-refractivity contribution < 1.29 is 14.6 Å². The lowest BCUT2D eigenvalue weighted by atomic mass is 9.92. The summed E-state index contributed by atoms with van der Waals surface area (Å²) in [4.78, 5) is 12.0. The molecular formula is C20H29N3O3. The number of methoxy groups -OCH3 is 1. The van der Waals surface area contributed by atoms with Gasteiger partial charge in [0.15, 0.2) is 5.69 Å². The van der Waals surface area contributed by atoms with Crippen molar-refractivity contribution >= 4 is 22.5 Å². The molecule has 6 heteroatoms. The van der Waals surface area contributed by atoms with Gasteiger partial charge in [-0.3, -0.25) is 4.79 Å². The summed E-state index contributed by atoms with van der Waals surface area (Å²) in [6.45, 7) is 8.74. The summed E-state index contributed by atoms with van der Waals surface area (Å²) < 4.78 is 7.12. The number of hydrogen-bond donors (Lipinski definition) is 1. The molecule has 1 amide bonds. The largest absolute Gasteiger partial charge is 0.497 e. The molecular weight excluding hydrogens is 330 g/mol. The summed E-state index contributed by atoms with van der Waals surface area (Å²) >= 11 is 0. The third-order valence-electron chi connectivity index (χ3n) is 4.15. The first-order chi connectivity index (χ1) is 12.3. The van der Waals surface area contributed by atoms with E-state index in [0.717, 1.165) is 30.2 Å². The number of nitrogens with zero attached hydrogens (tertiary/aromatic N) is 3. The summed E-state index contributed by atoms with van der Waals surface area (Å²) in [6.07, 6.45) is 3.42. The number of hydrogen-bond acceptors (Lipinski definition) is 4. The normalized spacial score (nSPS) is 12.2. The Balaban J connectivity index is 2.42. The first-order valence-corrected chi connectivity index (χ1v) is 9.10. The van der Waals surface area contributed by atoms with Gasteiger partial charge in [0.05, 0.1) is 12.6 Å². The van der Waals surface area contributed by atoms with Gasteiger partial charge in [-0.25, -0.2) is 0 Å². The molecule has 1 aromatic carbocycles. The maximum atomic E-state index is 12.0. The van der Waals surface area contributed by atoms with Crippen molar-refractivity contribution in [2.24, 2.45) is 15.6 Å². The first kappa shape index (κ1) is 19.9. The molecule has 1 heterocycles. The lowest BCUT2D eigenvalue weighted by Crippen LogP contribution is -2.10. The molecule has 0 saturated heterocycles. The summed E-state index contributed by atoms with van der Waals surface area (Å²) in [5, 5.41) is 19.3.